The Labute approximate surface area is 301 Å². The Morgan fingerprint density at radius 2 is 1.13 bits per heavy atom. The SMILES string of the molecule is O=C(F)N[C@H]1CCCN2CC[C@@H](Cc3c(-c4[nH]c5ccccc5c4C[C@@H]4CCN5CCC[C@H](NC(=O)C(F)(F)F)C(=O)N45)[nH]c4ccccc34)N2C1=O. The number of H-pyrrole nitrogens is 2. The van der Waals surface area contributed by atoms with Crippen molar-refractivity contribution in [2.24, 2.45) is 0 Å². The van der Waals surface area contributed by atoms with E-state index >= 15 is 0 Å². The Morgan fingerprint density at radius 3 is 1.58 bits per heavy atom. The van der Waals surface area contributed by atoms with Crippen molar-refractivity contribution in [2.45, 2.75) is 81.7 Å². The Bertz CT molecular complexity index is 2080. The molecule has 8 rings (SSSR count). The van der Waals surface area contributed by atoms with Crippen LogP contribution in [0.15, 0.2) is 48.5 Å². The first-order valence-electron chi connectivity index (χ1n) is 18.2. The van der Waals surface area contributed by atoms with E-state index in [2.05, 4.69) is 15.3 Å². The standard InChI is InChI=1S/C37H40F4N8O4/c38-36(53)45-30-12-6-16-47-18-14-22(49(47)34(30)51)20-26-24-8-2-4-10-28(24)43-32(26)31-25(23-7-1-3-9-27(23)42-31)19-21-13-17-46-15-5-11-29(33(50)48(21)46)44-35(52)37(39,40)41/h1-4,7-10,21-22,29-30,42-43H,5-6,11-20H2,(H,44,52)(H,45,53)/t21-,22-,29-,30-/m0/s1. The fourth-order valence-corrected chi connectivity index (χ4v) is 8.86. The molecule has 4 aromatic rings. The van der Waals surface area contributed by atoms with E-state index in [1.807, 2.05) is 63.9 Å². The number of para-hydroxylation sites is 2. The van der Waals surface area contributed by atoms with Crippen molar-refractivity contribution in [1.29, 1.82) is 0 Å². The summed E-state index contributed by atoms with van der Waals surface area (Å²) in [7, 11) is 0. The van der Waals surface area contributed by atoms with E-state index in [1.54, 1.807) is 10.0 Å². The van der Waals surface area contributed by atoms with E-state index in [1.165, 1.54) is 0 Å². The lowest BCUT2D eigenvalue weighted by molar-refractivity contribution is -0.175. The van der Waals surface area contributed by atoms with Crippen molar-refractivity contribution >= 4 is 45.7 Å². The average molecular weight is 737 g/mol. The molecule has 4 aliphatic rings. The molecule has 0 aliphatic carbocycles. The third-order valence-corrected chi connectivity index (χ3v) is 11.2. The molecule has 0 bridgehead atoms. The number of fused-ring (bicyclic) bond motifs is 4. The highest BCUT2D eigenvalue weighted by atomic mass is 19.4. The third-order valence-electron chi connectivity index (χ3n) is 11.2. The molecule has 6 heterocycles. The number of halogens is 4. The van der Waals surface area contributed by atoms with Crippen LogP contribution in [0.2, 0.25) is 0 Å². The number of aromatic nitrogens is 2. The van der Waals surface area contributed by atoms with Crippen LogP contribution in [0.25, 0.3) is 33.2 Å². The molecule has 2 aromatic carbocycles. The molecule has 4 fully saturated rings. The number of hydrogen-bond donors (Lipinski definition) is 4. The van der Waals surface area contributed by atoms with Gasteiger partial charge >= 0.3 is 18.2 Å². The molecular weight excluding hydrogens is 696 g/mol. The summed E-state index contributed by atoms with van der Waals surface area (Å²) in [4.78, 5) is 58.1. The predicted octanol–water partition coefficient (Wildman–Crippen LogP) is 4.72. The molecule has 4 amide bonds. The first-order chi connectivity index (χ1) is 25.5. The van der Waals surface area contributed by atoms with Crippen LogP contribution in [0.5, 0.6) is 0 Å². The monoisotopic (exact) mass is 736 g/mol. The number of carbonyl (C=O) groups is 4. The molecule has 280 valence electrons. The number of amides is 4. The van der Waals surface area contributed by atoms with Gasteiger partial charge in [0, 0.05) is 48.0 Å². The van der Waals surface area contributed by atoms with Gasteiger partial charge in [0.05, 0.1) is 23.5 Å². The number of nitrogens with one attached hydrogen (secondary N) is 4. The number of hydrogen-bond acceptors (Lipinski definition) is 6. The molecular formula is C37H40F4N8O4. The van der Waals surface area contributed by atoms with Crippen LogP contribution in [-0.2, 0) is 27.2 Å². The lowest BCUT2D eigenvalue weighted by Gasteiger charge is -2.33. The van der Waals surface area contributed by atoms with Gasteiger partial charge in [0.25, 0.3) is 11.8 Å². The average Bonchev–Trinajstić information content (AvgIpc) is 3.86. The Morgan fingerprint density at radius 1 is 0.679 bits per heavy atom. The number of rotatable bonds is 7. The maximum Gasteiger partial charge on any atom is 0.471 e. The fraction of sp³-hybridized carbons (Fsp3) is 0.459. The van der Waals surface area contributed by atoms with Crippen molar-refractivity contribution in [2.75, 3.05) is 26.2 Å². The third kappa shape index (κ3) is 6.51. The van der Waals surface area contributed by atoms with Gasteiger partial charge in [-0.25, -0.2) is 14.8 Å². The van der Waals surface area contributed by atoms with Crippen LogP contribution < -0.4 is 10.6 Å². The lowest BCUT2D eigenvalue weighted by atomic mass is 9.95. The zero-order valence-corrected chi connectivity index (χ0v) is 28.8. The van der Waals surface area contributed by atoms with Gasteiger partial charge in [-0.3, -0.25) is 24.4 Å². The smallest absolute Gasteiger partial charge is 0.353 e. The van der Waals surface area contributed by atoms with Crippen molar-refractivity contribution in [3.8, 4) is 11.4 Å². The first kappa shape index (κ1) is 35.1. The Hall–Kier alpha value is -4.96. The molecule has 0 saturated carbocycles. The zero-order chi connectivity index (χ0) is 37.0. The van der Waals surface area contributed by atoms with Crippen LogP contribution >= 0.6 is 0 Å². The van der Waals surface area contributed by atoms with Crippen molar-refractivity contribution in [3.63, 3.8) is 0 Å². The van der Waals surface area contributed by atoms with Gasteiger partial charge in [-0.15, -0.1) is 4.39 Å². The maximum absolute atomic E-state index is 13.9. The second-order valence-corrected chi connectivity index (χ2v) is 14.4. The molecule has 12 nitrogen and oxygen atoms in total. The van der Waals surface area contributed by atoms with E-state index in [-0.39, 0.29) is 24.4 Å². The quantitative estimate of drug-likeness (QED) is 0.123. The van der Waals surface area contributed by atoms with E-state index in [0.29, 0.717) is 71.1 Å². The minimum absolute atomic E-state index is 0.107. The van der Waals surface area contributed by atoms with Crippen LogP contribution in [-0.4, -0.2) is 110 Å². The molecule has 4 atom stereocenters. The van der Waals surface area contributed by atoms with Gasteiger partial charge in [0.1, 0.15) is 12.1 Å². The largest absolute Gasteiger partial charge is 0.471 e. The van der Waals surface area contributed by atoms with Crippen LogP contribution in [0, 0.1) is 0 Å². The minimum Gasteiger partial charge on any atom is -0.353 e. The summed E-state index contributed by atoms with van der Waals surface area (Å²) in [5.74, 6) is -3.01. The predicted molar refractivity (Wildman–Crippen MR) is 187 cm³/mol. The molecule has 2 aromatic heterocycles. The molecule has 16 heteroatoms. The van der Waals surface area contributed by atoms with E-state index in [9.17, 15) is 36.7 Å². The van der Waals surface area contributed by atoms with Crippen LogP contribution in [0.4, 0.5) is 22.4 Å². The number of alkyl halides is 3. The summed E-state index contributed by atoms with van der Waals surface area (Å²) in [6, 6.07) is 12.8. The maximum atomic E-state index is 13.9. The topological polar surface area (TPSA) is 137 Å². The van der Waals surface area contributed by atoms with Crippen LogP contribution in [0.3, 0.4) is 0 Å². The molecule has 0 unspecified atom stereocenters. The molecule has 4 N–H and O–H groups in total. The summed E-state index contributed by atoms with van der Waals surface area (Å²) in [5.41, 5.74) is 5.28. The zero-order valence-electron chi connectivity index (χ0n) is 28.8. The summed E-state index contributed by atoms with van der Waals surface area (Å²) >= 11 is 0. The number of hydrazine groups is 2. The minimum atomic E-state index is -5.10. The number of aromatic amines is 2. The molecule has 0 radical (unpaired) electrons. The molecule has 4 saturated heterocycles. The van der Waals surface area contributed by atoms with Gasteiger partial charge < -0.3 is 20.6 Å². The fourth-order valence-electron chi connectivity index (χ4n) is 8.86. The number of benzene rings is 2. The number of carbonyl (C=O) groups excluding carboxylic acids is 4. The summed E-state index contributed by atoms with van der Waals surface area (Å²) in [6.07, 6.45) is -3.16. The second kappa shape index (κ2) is 13.8. The highest BCUT2D eigenvalue weighted by Gasteiger charge is 2.46. The summed E-state index contributed by atoms with van der Waals surface area (Å²) in [6.45, 7) is 2.30. The van der Waals surface area contributed by atoms with E-state index in [4.69, 9.17) is 0 Å². The molecule has 4 aliphatic heterocycles. The Balaban J connectivity index is 1.16. The van der Waals surface area contributed by atoms with Gasteiger partial charge in [-0.2, -0.15) is 13.2 Å². The highest BCUT2D eigenvalue weighted by molar-refractivity contribution is 5.96. The normalized spacial score (nSPS) is 24.4. The van der Waals surface area contributed by atoms with Crippen molar-refractivity contribution in [3.05, 3.63) is 59.7 Å². The molecule has 53 heavy (non-hydrogen) atoms. The van der Waals surface area contributed by atoms with Gasteiger partial charge in [0.15, 0.2) is 0 Å². The molecule has 0 spiro atoms. The van der Waals surface area contributed by atoms with E-state index < -0.39 is 36.2 Å². The number of nitrogens with zero attached hydrogens (tertiary/aromatic N) is 4. The second-order valence-electron chi connectivity index (χ2n) is 14.4. The first-order valence-corrected chi connectivity index (χ1v) is 18.2. The lowest BCUT2D eigenvalue weighted by Crippen LogP contribution is -2.54. The van der Waals surface area contributed by atoms with Gasteiger partial charge in [-0.1, -0.05) is 36.4 Å². The van der Waals surface area contributed by atoms with Gasteiger partial charge in [-0.05, 0) is 74.6 Å². The Kier molecular flexibility index (Phi) is 9.13. The van der Waals surface area contributed by atoms with Gasteiger partial charge in [0.2, 0.25) is 0 Å². The van der Waals surface area contributed by atoms with Crippen molar-refractivity contribution < 1.29 is 36.7 Å². The van der Waals surface area contributed by atoms with Crippen molar-refractivity contribution in [1.82, 2.24) is 40.6 Å². The summed E-state index contributed by atoms with van der Waals surface area (Å²) in [5, 5.41) is 13.2. The van der Waals surface area contributed by atoms with E-state index in [0.717, 1.165) is 44.3 Å². The summed E-state index contributed by atoms with van der Waals surface area (Å²) < 4.78 is 53.0. The van der Waals surface area contributed by atoms with Crippen LogP contribution in [0.1, 0.15) is 49.7 Å². The highest BCUT2D eigenvalue weighted by Crippen LogP contribution is 2.40.